The number of aliphatic hydroxyl groups excluding tert-OH is 2. The lowest BCUT2D eigenvalue weighted by atomic mass is 9.78. The average Bonchev–Trinajstić information content (AvgIpc) is 3.00. The summed E-state index contributed by atoms with van der Waals surface area (Å²) in [6.07, 6.45) is -3.26. The van der Waals surface area contributed by atoms with Crippen LogP contribution in [0, 0.1) is 0 Å². The molecule has 0 amide bonds. The molecule has 0 bridgehead atoms. The molecule has 12 heteroatoms. The van der Waals surface area contributed by atoms with E-state index in [4.69, 9.17) is 28.4 Å². The molecule has 0 aliphatic carbocycles. The fourth-order valence-corrected chi connectivity index (χ4v) is 3.88. The third-order valence-electron chi connectivity index (χ3n) is 7.03. The largest absolute Gasteiger partial charge is 0.449 e. The van der Waals surface area contributed by atoms with Crippen LogP contribution in [0.2, 0.25) is 0 Å². The molecule has 0 radical (unpaired) electrons. The highest BCUT2D eigenvalue weighted by molar-refractivity contribution is 5.89. The molecule has 2 aromatic rings. The summed E-state index contributed by atoms with van der Waals surface area (Å²) in [6, 6.07) is 13.0. The Kier molecular flexibility index (Phi) is 12.9. The van der Waals surface area contributed by atoms with E-state index in [2.05, 4.69) is 26.3 Å². The molecule has 2 unspecified atom stereocenters. The van der Waals surface area contributed by atoms with E-state index >= 15 is 0 Å². The normalized spacial score (nSPS) is 12.8. The van der Waals surface area contributed by atoms with Crippen molar-refractivity contribution < 1.29 is 57.8 Å². The predicted molar refractivity (Wildman–Crippen MR) is 179 cm³/mol. The second-order valence-corrected chi connectivity index (χ2v) is 12.1. The number of carbonyl (C=O) groups is 4. The van der Waals surface area contributed by atoms with E-state index in [1.165, 1.54) is 65.8 Å². The minimum absolute atomic E-state index is 0.0224. The minimum Gasteiger partial charge on any atom is -0.419 e. The molecule has 0 heterocycles. The molecule has 2 atom stereocenters. The van der Waals surface area contributed by atoms with E-state index in [9.17, 15) is 29.4 Å². The lowest BCUT2D eigenvalue weighted by Gasteiger charge is -2.34. The Hall–Kier alpha value is -5.20. The van der Waals surface area contributed by atoms with Gasteiger partial charge in [0.25, 0.3) is 0 Å². The van der Waals surface area contributed by atoms with Crippen molar-refractivity contribution in [2.45, 2.75) is 85.0 Å². The predicted octanol–water partition coefficient (Wildman–Crippen LogP) is 5.32. The zero-order valence-corrected chi connectivity index (χ0v) is 29.1. The molecule has 2 N–H and O–H groups in total. The molecule has 0 aliphatic rings. The van der Waals surface area contributed by atoms with Crippen molar-refractivity contribution in [2.75, 3.05) is 0 Å². The van der Waals surface area contributed by atoms with E-state index < -0.39 is 53.4 Å². The molecule has 0 spiro atoms. The van der Waals surface area contributed by atoms with Crippen molar-refractivity contribution in [3.05, 3.63) is 108 Å². The lowest BCUT2D eigenvalue weighted by molar-refractivity contribution is -0.340. The number of rotatable bonds is 16. The Balaban J connectivity index is 2.43. The maximum absolute atomic E-state index is 12.4. The van der Waals surface area contributed by atoms with Crippen molar-refractivity contribution in [2.24, 2.45) is 0 Å². The Labute approximate surface area is 286 Å². The highest BCUT2D eigenvalue weighted by Gasteiger charge is 2.49. The summed E-state index contributed by atoms with van der Waals surface area (Å²) in [5, 5.41) is 21.1. The maximum Gasteiger partial charge on any atom is 0.449 e. The number of ether oxygens (including phenoxy) is 6. The zero-order chi connectivity index (χ0) is 37.5. The number of hydrogen-bond acceptors (Lipinski definition) is 12. The first-order valence-electron chi connectivity index (χ1n) is 15.1. The van der Waals surface area contributed by atoms with Crippen LogP contribution in [0.15, 0.2) is 97.1 Å². The number of benzene rings is 2. The first-order chi connectivity index (χ1) is 22.6. The van der Waals surface area contributed by atoms with Crippen LogP contribution in [0.5, 0.6) is 11.5 Å². The minimum atomic E-state index is -2.54. The summed E-state index contributed by atoms with van der Waals surface area (Å²) in [7, 11) is 0. The summed E-state index contributed by atoms with van der Waals surface area (Å²) in [6.45, 7) is 25.9. The third kappa shape index (κ3) is 9.91. The van der Waals surface area contributed by atoms with Crippen LogP contribution < -0.4 is 9.47 Å². The molecule has 2 rings (SSSR count). The Morgan fingerprint density at radius 1 is 0.531 bits per heavy atom. The molecule has 0 saturated carbocycles. The molecule has 0 saturated heterocycles. The van der Waals surface area contributed by atoms with Gasteiger partial charge in [-0.15, -0.1) is 0 Å². The van der Waals surface area contributed by atoms with Gasteiger partial charge in [0, 0.05) is 27.7 Å². The molecule has 0 fully saturated rings. The summed E-state index contributed by atoms with van der Waals surface area (Å²) in [5.41, 5.74) is 0.849. The van der Waals surface area contributed by atoms with Crippen LogP contribution in [0.1, 0.15) is 66.5 Å². The number of esters is 4. The van der Waals surface area contributed by atoms with Gasteiger partial charge in [-0.2, -0.15) is 0 Å². The van der Waals surface area contributed by atoms with Gasteiger partial charge in [-0.25, -0.2) is 19.2 Å². The smallest absolute Gasteiger partial charge is 0.419 e. The van der Waals surface area contributed by atoms with Crippen LogP contribution in [0.25, 0.3) is 0 Å². The van der Waals surface area contributed by atoms with Gasteiger partial charge in [0.2, 0.25) is 0 Å². The first-order valence-corrected chi connectivity index (χ1v) is 15.1. The van der Waals surface area contributed by atoms with Gasteiger partial charge in [-0.3, -0.25) is 0 Å². The van der Waals surface area contributed by atoms with Gasteiger partial charge in [0.05, 0.1) is 0 Å². The van der Waals surface area contributed by atoms with Crippen molar-refractivity contribution in [1.82, 2.24) is 0 Å². The van der Waals surface area contributed by atoms with Gasteiger partial charge in [0.1, 0.15) is 11.5 Å². The molecule has 264 valence electrons. The van der Waals surface area contributed by atoms with Gasteiger partial charge in [0.15, 0.2) is 12.2 Å². The van der Waals surface area contributed by atoms with Crippen molar-refractivity contribution in [1.29, 1.82) is 0 Å². The van der Waals surface area contributed by atoms with Gasteiger partial charge in [-0.1, -0.05) is 64.4 Å². The number of hydrogen-bond donors (Lipinski definition) is 2. The van der Waals surface area contributed by atoms with Gasteiger partial charge in [-0.05, 0) is 76.9 Å². The van der Waals surface area contributed by atoms with Crippen LogP contribution >= 0.6 is 0 Å². The third-order valence-corrected chi connectivity index (χ3v) is 7.03. The van der Waals surface area contributed by atoms with Crippen LogP contribution in [0.4, 0.5) is 0 Å². The van der Waals surface area contributed by atoms with Gasteiger partial charge >= 0.3 is 35.8 Å². The molecule has 2 aromatic carbocycles. The monoisotopic (exact) mass is 680 g/mol. The van der Waals surface area contributed by atoms with Crippen LogP contribution in [0.3, 0.4) is 0 Å². The highest BCUT2D eigenvalue weighted by atomic mass is 16.9. The van der Waals surface area contributed by atoms with Crippen molar-refractivity contribution in [3.63, 3.8) is 0 Å². The SMILES string of the molecule is C=C(C)C(=O)OC(OC(=O)C(=C)C)(Oc1ccc(C(C)(C)c2ccc(OC(OC(=O)C(=C)C)(OC(=O)C(=C)C)C(C)O)cc2)cc1)C(C)O. The van der Waals surface area contributed by atoms with E-state index in [0.29, 0.717) is 0 Å². The fraction of sp³-hybridized carbons (Fsp3) is 0.351. The maximum atomic E-state index is 12.4. The molecular weight excluding hydrogens is 636 g/mol. The second-order valence-electron chi connectivity index (χ2n) is 12.1. The summed E-state index contributed by atoms with van der Waals surface area (Å²) in [4.78, 5) is 49.7. The molecule has 12 nitrogen and oxygen atoms in total. The molecule has 49 heavy (non-hydrogen) atoms. The summed E-state index contributed by atoms with van der Waals surface area (Å²) < 4.78 is 32.8. The first kappa shape index (κ1) is 40.0. The highest BCUT2D eigenvalue weighted by Crippen LogP contribution is 2.36. The Morgan fingerprint density at radius 2 is 0.755 bits per heavy atom. The van der Waals surface area contributed by atoms with Crippen LogP contribution in [-0.4, -0.2) is 58.2 Å². The topological polar surface area (TPSA) is 164 Å². The quantitative estimate of drug-likeness (QED) is 0.134. The number of carbonyl (C=O) groups excluding carboxylic acids is 4. The Bertz CT molecular complexity index is 1440. The van der Waals surface area contributed by atoms with Crippen molar-refractivity contribution in [3.8, 4) is 11.5 Å². The standard InChI is InChI=1S/C37H44O12/c1-21(2)31(40)46-36(25(9)38,47-32(41)22(3)4)44-29-17-13-27(14-18-29)35(11,12)28-15-19-30(20-16-28)45-37(26(10)39,48-33(42)23(5)6)49-34(43)24(7)8/h13-20,25-26,38-39H,1,3,5,7H2,2,4,6,8-12H3. The summed E-state index contributed by atoms with van der Waals surface area (Å²) in [5.74, 6) is -8.76. The second kappa shape index (κ2) is 15.8. The number of aliphatic hydroxyl groups is 2. The zero-order valence-electron chi connectivity index (χ0n) is 29.1. The fourth-order valence-electron chi connectivity index (χ4n) is 3.88. The van der Waals surface area contributed by atoms with Crippen LogP contribution in [-0.2, 0) is 43.5 Å². The lowest BCUT2D eigenvalue weighted by Crippen LogP contribution is -2.54. The molecular formula is C37H44O12. The van der Waals surface area contributed by atoms with Crippen molar-refractivity contribution >= 4 is 23.9 Å². The van der Waals surface area contributed by atoms with Gasteiger partial charge < -0.3 is 38.6 Å². The Morgan fingerprint density at radius 3 is 0.939 bits per heavy atom. The van der Waals surface area contributed by atoms with E-state index in [1.807, 2.05) is 13.8 Å². The summed E-state index contributed by atoms with van der Waals surface area (Å²) >= 11 is 0. The average molecular weight is 681 g/mol. The molecule has 0 aliphatic heterocycles. The van der Waals surface area contributed by atoms with E-state index in [1.54, 1.807) is 24.3 Å². The van der Waals surface area contributed by atoms with E-state index in [-0.39, 0.29) is 33.8 Å². The molecule has 0 aromatic heterocycles. The van der Waals surface area contributed by atoms with E-state index in [0.717, 1.165) is 11.1 Å².